The maximum Gasteiger partial charge on any atom is 0.0146 e. The molecule has 0 aromatic heterocycles. The molecule has 10 heavy (non-hydrogen) atoms. The van der Waals surface area contributed by atoms with Crippen molar-refractivity contribution in [2.75, 3.05) is 0 Å². The van der Waals surface area contributed by atoms with Crippen LogP contribution in [0.1, 0.15) is 45.4 Å². The number of halogens is 1. The van der Waals surface area contributed by atoms with Crippen LogP contribution < -0.4 is 0 Å². The van der Waals surface area contributed by atoms with Crippen LogP contribution >= 0.6 is 15.9 Å². The van der Waals surface area contributed by atoms with Gasteiger partial charge in [0.05, 0.1) is 0 Å². The second-order valence-corrected chi connectivity index (χ2v) is 4.70. The molecule has 1 rings (SSSR count). The van der Waals surface area contributed by atoms with Crippen molar-refractivity contribution in [3.63, 3.8) is 0 Å². The van der Waals surface area contributed by atoms with E-state index in [0.29, 0.717) is 0 Å². The first-order valence-electron chi connectivity index (χ1n) is 4.47. The SMILES string of the molecule is CCCC1CCC(Br)CC1. The van der Waals surface area contributed by atoms with Crippen LogP contribution in [0.2, 0.25) is 0 Å². The van der Waals surface area contributed by atoms with E-state index in [9.17, 15) is 0 Å². The molecular weight excluding hydrogens is 188 g/mol. The molecule has 0 unspecified atom stereocenters. The molecule has 1 aliphatic rings. The Bertz CT molecular complexity index is 82.7. The van der Waals surface area contributed by atoms with Crippen molar-refractivity contribution in [3.8, 4) is 0 Å². The van der Waals surface area contributed by atoms with Crippen LogP contribution in [-0.4, -0.2) is 4.83 Å². The predicted octanol–water partition coefficient (Wildman–Crippen LogP) is 3.74. The van der Waals surface area contributed by atoms with Crippen molar-refractivity contribution in [1.29, 1.82) is 0 Å². The van der Waals surface area contributed by atoms with E-state index in [1.165, 1.54) is 38.5 Å². The summed E-state index contributed by atoms with van der Waals surface area (Å²) < 4.78 is 0. The summed E-state index contributed by atoms with van der Waals surface area (Å²) in [5, 5.41) is 0. The lowest BCUT2D eigenvalue weighted by molar-refractivity contribution is 0.345. The summed E-state index contributed by atoms with van der Waals surface area (Å²) in [6.07, 6.45) is 8.57. The minimum atomic E-state index is 0.834. The summed E-state index contributed by atoms with van der Waals surface area (Å²) in [4.78, 5) is 0.834. The van der Waals surface area contributed by atoms with E-state index in [1.54, 1.807) is 0 Å². The molecule has 0 spiro atoms. The molecule has 0 saturated heterocycles. The van der Waals surface area contributed by atoms with E-state index < -0.39 is 0 Å². The first-order chi connectivity index (χ1) is 4.83. The van der Waals surface area contributed by atoms with Gasteiger partial charge >= 0.3 is 0 Å². The Labute approximate surface area is 72.5 Å². The summed E-state index contributed by atoms with van der Waals surface area (Å²) in [5.74, 6) is 1.05. The van der Waals surface area contributed by atoms with Crippen molar-refractivity contribution < 1.29 is 0 Å². The zero-order valence-corrected chi connectivity index (χ0v) is 8.36. The Morgan fingerprint density at radius 1 is 1.20 bits per heavy atom. The standard InChI is InChI=1S/C9H17Br/c1-2-3-8-4-6-9(10)7-5-8/h8-9H,2-7H2,1H3. The fourth-order valence-electron chi connectivity index (χ4n) is 1.82. The van der Waals surface area contributed by atoms with Gasteiger partial charge in [0.15, 0.2) is 0 Å². The molecule has 0 heterocycles. The highest BCUT2D eigenvalue weighted by molar-refractivity contribution is 9.09. The summed E-state index contributed by atoms with van der Waals surface area (Å²) in [5.41, 5.74) is 0. The lowest BCUT2D eigenvalue weighted by atomic mass is 9.86. The summed E-state index contributed by atoms with van der Waals surface area (Å²) >= 11 is 3.67. The van der Waals surface area contributed by atoms with Gasteiger partial charge in [-0.2, -0.15) is 0 Å². The molecule has 0 radical (unpaired) electrons. The topological polar surface area (TPSA) is 0 Å². The highest BCUT2D eigenvalue weighted by Crippen LogP contribution is 2.30. The lowest BCUT2D eigenvalue weighted by Gasteiger charge is -2.24. The third-order valence-electron chi connectivity index (χ3n) is 2.47. The predicted molar refractivity (Wildman–Crippen MR) is 49.6 cm³/mol. The molecule has 1 saturated carbocycles. The van der Waals surface area contributed by atoms with Crippen LogP contribution in [0, 0.1) is 5.92 Å². The van der Waals surface area contributed by atoms with Crippen molar-refractivity contribution in [3.05, 3.63) is 0 Å². The van der Waals surface area contributed by atoms with Crippen LogP contribution in [-0.2, 0) is 0 Å². The Morgan fingerprint density at radius 3 is 2.30 bits per heavy atom. The molecule has 0 aromatic rings. The van der Waals surface area contributed by atoms with Gasteiger partial charge in [-0.05, 0) is 31.6 Å². The third-order valence-corrected chi connectivity index (χ3v) is 3.39. The second-order valence-electron chi connectivity index (χ2n) is 3.41. The van der Waals surface area contributed by atoms with Crippen molar-refractivity contribution in [1.82, 2.24) is 0 Å². The normalized spacial score (nSPS) is 34.2. The largest absolute Gasteiger partial charge is 0.0891 e. The number of hydrogen-bond donors (Lipinski definition) is 0. The maximum atomic E-state index is 3.67. The molecule has 0 N–H and O–H groups in total. The van der Waals surface area contributed by atoms with Gasteiger partial charge in [-0.15, -0.1) is 0 Å². The monoisotopic (exact) mass is 204 g/mol. The first-order valence-corrected chi connectivity index (χ1v) is 5.38. The Hall–Kier alpha value is 0.480. The van der Waals surface area contributed by atoms with Gasteiger partial charge in [0.1, 0.15) is 0 Å². The molecule has 1 heteroatoms. The van der Waals surface area contributed by atoms with E-state index in [4.69, 9.17) is 0 Å². The number of rotatable bonds is 2. The number of alkyl halides is 1. The van der Waals surface area contributed by atoms with Crippen LogP contribution in [0.4, 0.5) is 0 Å². The zero-order chi connectivity index (χ0) is 7.40. The van der Waals surface area contributed by atoms with Gasteiger partial charge in [-0.25, -0.2) is 0 Å². The summed E-state index contributed by atoms with van der Waals surface area (Å²) in [6, 6.07) is 0. The number of hydrogen-bond acceptors (Lipinski definition) is 0. The van der Waals surface area contributed by atoms with Crippen LogP contribution in [0.25, 0.3) is 0 Å². The quantitative estimate of drug-likeness (QED) is 0.602. The van der Waals surface area contributed by atoms with E-state index >= 15 is 0 Å². The minimum absolute atomic E-state index is 0.834. The highest BCUT2D eigenvalue weighted by atomic mass is 79.9. The van der Waals surface area contributed by atoms with Crippen LogP contribution in [0.15, 0.2) is 0 Å². The maximum absolute atomic E-state index is 3.67. The van der Waals surface area contributed by atoms with Crippen molar-refractivity contribution in [2.24, 2.45) is 5.92 Å². The molecule has 0 aromatic carbocycles. The summed E-state index contributed by atoms with van der Waals surface area (Å²) in [7, 11) is 0. The summed E-state index contributed by atoms with van der Waals surface area (Å²) in [6.45, 7) is 2.29. The fraction of sp³-hybridized carbons (Fsp3) is 1.00. The zero-order valence-electron chi connectivity index (χ0n) is 6.78. The van der Waals surface area contributed by atoms with E-state index in [-0.39, 0.29) is 0 Å². The lowest BCUT2D eigenvalue weighted by Crippen LogP contribution is -2.13. The van der Waals surface area contributed by atoms with Gasteiger partial charge in [0.25, 0.3) is 0 Å². The average Bonchev–Trinajstić information content (AvgIpc) is 1.95. The van der Waals surface area contributed by atoms with Gasteiger partial charge in [-0.1, -0.05) is 35.7 Å². The molecule has 1 fully saturated rings. The van der Waals surface area contributed by atoms with Crippen molar-refractivity contribution >= 4 is 15.9 Å². The van der Waals surface area contributed by atoms with Crippen molar-refractivity contribution in [2.45, 2.75) is 50.3 Å². The molecule has 1 aliphatic carbocycles. The molecule has 0 aliphatic heterocycles. The van der Waals surface area contributed by atoms with E-state index in [1.807, 2.05) is 0 Å². The molecule has 0 atom stereocenters. The fourth-order valence-corrected chi connectivity index (χ4v) is 2.35. The van der Waals surface area contributed by atoms with Gasteiger partial charge in [0, 0.05) is 4.83 Å². The van der Waals surface area contributed by atoms with Crippen LogP contribution in [0.3, 0.4) is 0 Å². The molecule has 0 amide bonds. The Morgan fingerprint density at radius 2 is 1.80 bits per heavy atom. The van der Waals surface area contributed by atoms with Gasteiger partial charge in [-0.3, -0.25) is 0 Å². The molecule has 0 bridgehead atoms. The highest BCUT2D eigenvalue weighted by Gasteiger charge is 2.17. The van der Waals surface area contributed by atoms with Gasteiger partial charge in [0.2, 0.25) is 0 Å². The minimum Gasteiger partial charge on any atom is -0.0891 e. The molecule has 0 nitrogen and oxygen atoms in total. The Balaban J connectivity index is 2.13. The molecule has 60 valence electrons. The van der Waals surface area contributed by atoms with Crippen LogP contribution in [0.5, 0.6) is 0 Å². The Kier molecular flexibility index (Phi) is 3.75. The average molecular weight is 205 g/mol. The smallest absolute Gasteiger partial charge is 0.0146 e. The van der Waals surface area contributed by atoms with E-state index in [0.717, 1.165) is 10.7 Å². The molecular formula is C9H17Br. The first kappa shape index (κ1) is 8.58. The van der Waals surface area contributed by atoms with E-state index in [2.05, 4.69) is 22.9 Å². The van der Waals surface area contributed by atoms with Gasteiger partial charge < -0.3 is 0 Å². The third kappa shape index (κ3) is 2.61. The second kappa shape index (κ2) is 4.38.